The molecule has 1 aliphatic heterocycles. The van der Waals surface area contributed by atoms with E-state index < -0.39 is 53.9 Å². The second-order valence-electron chi connectivity index (χ2n) is 24.5. The Morgan fingerprint density at radius 2 is 1.68 bits per heavy atom. The lowest BCUT2D eigenvalue weighted by Crippen LogP contribution is -2.47. The number of carbonyl (C=O) groups is 4. The van der Waals surface area contributed by atoms with Gasteiger partial charge in [0.05, 0.1) is 81.6 Å². The van der Waals surface area contributed by atoms with E-state index in [9.17, 15) is 34.5 Å². The maximum Gasteiger partial charge on any atom is 0.405 e. The standard InChI is InChI=1S/C66H91N7O14/c1-40-32-51-60(55(75)36-54(62(51)78)69-64(79)41(2)10-9-11-56(81-7)63(87-65(67)80)43(4)34-42(3)61(77)57(33-40)82-8)68-22-25-83-28-30-85-31-29-84-26-24-73-39-46(70-71-73)38-72(6)23-27-86-48-16-12-44(13-17-48)52-37-66(5)53(20-21-58(66)76)50-18-14-45-35-47(74)15-19-49(45)59(50)52/h9-13,15-17,19,34-36,39-40,42,50,52-53,56-59,61,63,68,74,76-77H,14,18,20-33,37-38H2,1-8H3,(H2,67,80)(H,69,79)/b11-9-,41-10+,43-34+/t40-,42+,50+,52-,53+,56-,57-,58+,59-,61-,63-,66+/m1/s1. The third-order valence-electron chi connectivity index (χ3n) is 18.3. The highest BCUT2D eigenvalue weighted by Gasteiger charge is 2.58. The number of nitrogens with zero attached hydrogens (tertiary/aromatic N) is 4. The zero-order valence-electron chi connectivity index (χ0n) is 51.8. The number of aryl methyl sites for hydroxylation is 1. The average Bonchev–Trinajstić information content (AvgIpc) is 1.76. The van der Waals surface area contributed by atoms with Crippen molar-refractivity contribution in [2.24, 2.45) is 34.8 Å². The van der Waals surface area contributed by atoms with Crippen molar-refractivity contribution in [2.75, 3.05) is 80.6 Å². The van der Waals surface area contributed by atoms with Crippen molar-refractivity contribution in [3.05, 3.63) is 130 Å². The first-order valence-electron chi connectivity index (χ1n) is 30.6. The van der Waals surface area contributed by atoms with Crippen molar-refractivity contribution in [2.45, 2.75) is 135 Å². The Balaban J connectivity index is 0.729. The number of phenols is 1. The first-order chi connectivity index (χ1) is 41.8. The molecule has 0 saturated heterocycles. The molecule has 1 aromatic heterocycles. The van der Waals surface area contributed by atoms with E-state index in [0.717, 1.165) is 49.6 Å². The summed E-state index contributed by atoms with van der Waals surface area (Å²) in [5.41, 5.74) is 11.0. The van der Waals surface area contributed by atoms with E-state index in [1.807, 2.05) is 32.3 Å². The van der Waals surface area contributed by atoms with E-state index in [4.69, 9.17) is 38.9 Å². The van der Waals surface area contributed by atoms with Crippen LogP contribution in [0.25, 0.3) is 0 Å². The van der Waals surface area contributed by atoms with Crippen LogP contribution in [-0.4, -0.2) is 170 Å². The molecule has 2 saturated carbocycles. The monoisotopic (exact) mass is 1210 g/mol. The Hall–Kier alpha value is -6.56. The van der Waals surface area contributed by atoms with Gasteiger partial charge in [-0.3, -0.25) is 19.3 Å². The Kier molecular flexibility index (Phi) is 23.7. The lowest BCUT2D eigenvalue weighted by atomic mass is 9.51. The quantitative estimate of drug-likeness (QED) is 0.0335. The van der Waals surface area contributed by atoms with Gasteiger partial charge in [0.1, 0.15) is 24.2 Å². The van der Waals surface area contributed by atoms with Gasteiger partial charge in [-0.1, -0.05) is 68.5 Å². The molecule has 2 fully saturated rings. The normalized spacial score (nSPS) is 29.6. The van der Waals surface area contributed by atoms with Crippen LogP contribution in [0.15, 0.2) is 107 Å². The van der Waals surface area contributed by atoms with Gasteiger partial charge in [-0.2, -0.15) is 0 Å². The Morgan fingerprint density at radius 1 is 0.943 bits per heavy atom. The molecular formula is C66H91N7O14. The summed E-state index contributed by atoms with van der Waals surface area (Å²) in [6.07, 6.45) is 10.0. The number of allylic oxidation sites excluding steroid dienone is 4. The van der Waals surface area contributed by atoms with Crippen molar-refractivity contribution < 1.29 is 67.7 Å². The average molecular weight is 1210 g/mol. The molecule has 2 bridgehead atoms. The van der Waals surface area contributed by atoms with Crippen LogP contribution in [0.5, 0.6) is 11.5 Å². The molecule has 21 heteroatoms. The van der Waals surface area contributed by atoms with Gasteiger partial charge in [0.15, 0.2) is 6.10 Å². The molecule has 0 spiro atoms. The molecule has 8 rings (SSSR count). The number of aliphatic hydroxyl groups is 2. The minimum atomic E-state index is -1.02. The number of hydrogen-bond acceptors (Lipinski definition) is 18. The van der Waals surface area contributed by atoms with E-state index >= 15 is 0 Å². The fourth-order valence-corrected chi connectivity index (χ4v) is 13.7. The number of rotatable bonds is 23. The van der Waals surface area contributed by atoms with Crippen molar-refractivity contribution in [1.29, 1.82) is 0 Å². The number of methoxy groups -OCH3 is 2. The molecule has 4 aliphatic carbocycles. The van der Waals surface area contributed by atoms with Gasteiger partial charge in [0.25, 0.3) is 5.91 Å². The first-order valence-corrected chi connectivity index (χ1v) is 30.6. The SMILES string of the molecule is CO[C@@H]1/C=C\C=C(/C)C(=O)NC2=CC(=O)C(NCCOCCOCCOCCn3cc(CN(C)CCOc4ccc([C@H]5C[C@]6(C)[C@@H](O)CC[C@H]6[C@@H]6CCc7cc(O)ccc7[C@H]65)cc4)nn3)=C(C[C@@H](C)C[C@@H](OC)[C@H](O)[C@@H](C)/C=C(\C)[C@H]1OC(N)=O)C2=O. The number of benzene rings is 2. The first kappa shape index (κ1) is 66.4. The minimum absolute atomic E-state index is 0.102. The number of fused-ring (bicyclic) bond motifs is 7. The molecule has 12 atom stereocenters. The summed E-state index contributed by atoms with van der Waals surface area (Å²) >= 11 is 0. The fraction of sp³-hybridized carbons (Fsp3) is 0.576. The van der Waals surface area contributed by atoms with Gasteiger partial charge in [-0.05, 0) is 147 Å². The van der Waals surface area contributed by atoms with E-state index in [2.05, 4.69) is 63.1 Å². The number of phenolic OH excluding ortho intramolecular Hbond substituents is 1. The highest BCUT2D eigenvalue weighted by molar-refractivity contribution is 6.23. The highest BCUT2D eigenvalue weighted by atomic mass is 16.6. The third-order valence-corrected chi connectivity index (χ3v) is 18.3. The van der Waals surface area contributed by atoms with Crippen LogP contribution in [0, 0.1) is 29.1 Å². The second-order valence-corrected chi connectivity index (χ2v) is 24.5. The zero-order valence-corrected chi connectivity index (χ0v) is 51.8. The minimum Gasteiger partial charge on any atom is -0.508 e. The number of Topliss-reactive ketones (excluding diaryl/α,β-unsaturated/α-hetero) is 1. The molecule has 2 aromatic carbocycles. The van der Waals surface area contributed by atoms with Gasteiger partial charge in [-0.15, -0.1) is 5.10 Å². The van der Waals surface area contributed by atoms with E-state index in [-0.39, 0.29) is 72.1 Å². The van der Waals surface area contributed by atoms with Crippen LogP contribution >= 0.6 is 0 Å². The number of amides is 2. The largest absolute Gasteiger partial charge is 0.508 e. The Morgan fingerprint density at radius 3 is 2.40 bits per heavy atom. The van der Waals surface area contributed by atoms with Crippen LogP contribution in [0.4, 0.5) is 4.79 Å². The van der Waals surface area contributed by atoms with Gasteiger partial charge >= 0.3 is 6.09 Å². The molecule has 5 aliphatic rings. The lowest BCUT2D eigenvalue weighted by Gasteiger charge is -2.54. The number of aromatic hydroxyl groups is 1. The topological polar surface area (TPSA) is 278 Å². The van der Waals surface area contributed by atoms with Crippen molar-refractivity contribution in [3.63, 3.8) is 0 Å². The fourth-order valence-electron chi connectivity index (χ4n) is 13.7. The number of primary amides is 1. The molecule has 87 heavy (non-hydrogen) atoms. The van der Waals surface area contributed by atoms with Crippen molar-refractivity contribution >= 4 is 23.6 Å². The zero-order chi connectivity index (χ0) is 62.4. The van der Waals surface area contributed by atoms with Gasteiger partial charge < -0.3 is 64.8 Å². The van der Waals surface area contributed by atoms with Crippen LogP contribution in [0.1, 0.15) is 107 Å². The highest BCUT2D eigenvalue weighted by Crippen LogP contribution is 2.65. The maximum atomic E-state index is 14.1. The molecule has 3 aromatic rings. The number of carbonyl (C=O) groups excluding carboxylic acids is 4. The van der Waals surface area contributed by atoms with Crippen LogP contribution in [0.2, 0.25) is 0 Å². The lowest BCUT2D eigenvalue weighted by molar-refractivity contribution is -0.120. The maximum absolute atomic E-state index is 14.1. The summed E-state index contributed by atoms with van der Waals surface area (Å²) in [5.74, 6) is 0.404. The van der Waals surface area contributed by atoms with Gasteiger partial charge in [-0.25, -0.2) is 9.48 Å². The summed E-state index contributed by atoms with van der Waals surface area (Å²) < 4.78 is 42.1. The molecule has 0 radical (unpaired) electrons. The smallest absolute Gasteiger partial charge is 0.405 e. The third kappa shape index (κ3) is 17.0. The van der Waals surface area contributed by atoms with E-state index in [1.54, 1.807) is 43.7 Å². The number of aliphatic hydroxyl groups excluding tert-OH is 2. The predicted octanol–water partition coefficient (Wildman–Crippen LogP) is 6.52. The molecular weight excluding hydrogens is 1110 g/mol. The van der Waals surface area contributed by atoms with Gasteiger partial charge in [0, 0.05) is 63.2 Å². The van der Waals surface area contributed by atoms with Crippen molar-refractivity contribution in [3.8, 4) is 11.5 Å². The summed E-state index contributed by atoms with van der Waals surface area (Å²) in [7, 11) is 4.94. The summed E-state index contributed by atoms with van der Waals surface area (Å²) in [5, 5.41) is 47.4. The Labute approximate surface area is 511 Å². The summed E-state index contributed by atoms with van der Waals surface area (Å²) in [6, 6.07) is 14.5. The number of aromatic nitrogens is 3. The molecule has 474 valence electrons. The number of nitrogens with two attached hydrogens (primary N) is 1. The molecule has 21 nitrogen and oxygen atoms in total. The van der Waals surface area contributed by atoms with Gasteiger partial charge in [0.2, 0.25) is 11.6 Å². The number of ether oxygens (including phenoxy) is 7. The molecule has 7 N–H and O–H groups in total. The molecule has 2 heterocycles. The van der Waals surface area contributed by atoms with Crippen LogP contribution in [-0.2, 0) is 62.3 Å². The number of hydrogen-bond donors (Lipinski definition) is 6. The number of nitrogens with one attached hydrogen (secondary N) is 2. The van der Waals surface area contributed by atoms with Crippen molar-refractivity contribution in [1.82, 2.24) is 30.5 Å². The second kappa shape index (κ2) is 31.1. The Bertz CT molecular complexity index is 3010. The van der Waals surface area contributed by atoms with E-state index in [0.29, 0.717) is 88.2 Å². The van der Waals surface area contributed by atoms with E-state index in [1.165, 1.54) is 37.0 Å². The van der Waals surface area contributed by atoms with Crippen LogP contribution < -0.4 is 21.1 Å². The number of ketones is 2. The molecule has 0 unspecified atom stereocenters. The van der Waals surface area contributed by atoms with Crippen LogP contribution in [0.3, 0.4) is 0 Å². The summed E-state index contributed by atoms with van der Waals surface area (Å²) in [4.78, 5) is 55.3. The predicted molar refractivity (Wildman–Crippen MR) is 325 cm³/mol. The summed E-state index contributed by atoms with van der Waals surface area (Å²) in [6.45, 7) is 13.8. The number of likely N-dealkylation sites (N-methyl/N-ethyl adjacent to an activating group) is 1. The molecule has 2 amide bonds.